The molecule has 0 heterocycles. The van der Waals surface area contributed by atoms with Gasteiger partial charge in [-0.15, -0.1) is 0 Å². The topological polar surface area (TPSA) is 726 Å². The van der Waals surface area contributed by atoms with Gasteiger partial charge in [-0.1, -0.05) is 0 Å². The Morgan fingerprint density at radius 1 is 0.267 bits per heavy atom. The molecule has 0 aromatic carbocycles. The zero-order valence-electron chi connectivity index (χ0n) is 44.2. The van der Waals surface area contributed by atoms with Crippen molar-refractivity contribution in [3.8, 4) is 0 Å². The van der Waals surface area contributed by atoms with Crippen molar-refractivity contribution in [2.24, 2.45) is 17.2 Å². The maximum atomic E-state index is 11.2. The predicted molar refractivity (Wildman–Crippen MR) is 222 cm³/mol. The van der Waals surface area contributed by atoms with Gasteiger partial charge in [0.15, 0.2) is 0 Å². The molecule has 0 saturated heterocycles. The first kappa shape index (κ1) is 100. The molecular formula is C42H54Gd5N9O30. The van der Waals surface area contributed by atoms with Crippen LogP contribution in [0.4, 0.5) is 0 Å². The Morgan fingerprint density at radius 3 is 0.500 bits per heavy atom. The van der Waals surface area contributed by atoms with Crippen LogP contribution in [0.25, 0.3) is 0 Å². The van der Waals surface area contributed by atoms with Crippen molar-refractivity contribution in [3.63, 3.8) is 0 Å². The molecule has 0 aromatic rings. The second-order valence-electron chi connectivity index (χ2n) is 17.0. The summed E-state index contributed by atoms with van der Waals surface area (Å²) < 4.78 is 0. The Hall–Kier alpha value is -1.69. The van der Waals surface area contributed by atoms with Crippen LogP contribution in [-0.4, -0.2) is 218 Å². The van der Waals surface area contributed by atoms with Gasteiger partial charge in [0.2, 0.25) is 0 Å². The molecule has 0 amide bonds. The van der Waals surface area contributed by atoms with Crippen molar-refractivity contribution in [1.29, 1.82) is 0 Å². The molecule has 86 heavy (non-hydrogen) atoms. The molecule has 0 aliphatic carbocycles. The van der Waals surface area contributed by atoms with Gasteiger partial charge in [-0.25, -0.2) is 0 Å². The van der Waals surface area contributed by atoms with Gasteiger partial charge in [0.1, 0.15) is 0 Å². The van der Waals surface area contributed by atoms with Crippen molar-refractivity contribution >= 4 is 89.5 Å². The Bertz CT molecular complexity index is 1910. The third-order valence-corrected chi connectivity index (χ3v) is 11.2. The number of carboxylic acids is 15. The molecule has 0 aromatic heterocycles. The fourth-order valence-corrected chi connectivity index (χ4v) is 8.43. The maximum absolute atomic E-state index is 11.2. The van der Waals surface area contributed by atoms with Gasteiger partial charge in [-0.05, 0) is 0 Å². The van der Waals surface area contributed by atoms with Crippen LogP contribution in [0.1, 0.15) is 57.8 Å². The van der Waals surface area contributed by atoms with E-state index in [9.17, 15) is 149 Å². The molecule has 0 aliphatic heterocycles. The Kier molecular flexibility index (Phi) is 61.8. The molecule has 9 N–H and O–H groups in total. The second kappa shape index (κ2) is 52.9. The van der Waals surface area contributed by atoms with E-state index in [0.717, 1.165) is 0 Å². The van der Waals surface area contributed by atoms with Crippen LogP contribution < -0.4 is 110 Å². The van der Waals surface area contributed by atoms with Crippen LogP contribution in [0, 0.1) is 200 Å². The van der Waals surface area contributed by atoms with Crippen molar-refractivity contribution in [3.05, 3.63) is 0 Å². The van der Waals surface area contributed by atoms with Crippen molar-refractivity contribution in [2.75, 3.05) is 78.5 Å². The van der Waals surface area contributed by atoms with E-state index >= 15 is 0 Å². The minimum absolute atomic E-state index is 0. The quantitative estimate of drug-likeness (QED) is 0.0330. The van der Waals surface area contributed by atoms with E-state index in [1.165, 1.54) is 0 Å². The number of nitrogens with two attached hydrogens (primary N) is 3. The summed E-state index contributed by atoms with van der Waals surface area (Å²) in [5.41, 5.74) is 8.67. The average molecular weight is 1950 g/mol. The van der Waals surface area contributed by atoms with Crippen molar-refractivity contribution in [1.82, 2.24) is 30.7 Å². The first-order valence-electron chi connectivity index (χ1n) is 22.9. The Balaban J connectivity index is -0.000000172. The maximum Gasteiger partial charge on any atom is 3.00 e. The van der Waals surface area contributed by atoms with Crippen LogP contribution in [0.2, 0.25) is 0 Å². The summed E-state index contributed by atoms with van der Waals surface area (Å²) in [6.07, 6.45) is -10.4. The summed E-state index contributed by atoms with van der Waals surface area (Å²) in [5, 5.41) is 174. The number of rotatable bonds is 45. The molecule has 0 rings (SSSR count). The van der Waals surface area contributed by atoms with Crippen molar-refractivity contribution in [2.45, 2.75) is 92.5 Å². The number of carbonyl (C=O) groups is 15. The van der Waals surface area contributed by atoms with Gasteiger partial charge in [0.05, 0.1) is 35.8 Å². The third kappa shape index (κ3) is 43.1. The number of nitrogens with zero attached hydrogens (tertiary/aromatic N) is 3. The van der Waals surface area contributed by atoms with E-state index < -0.39 is 221 Å². The fraction of sp³-hybridized carbons (Fsp3) is 0.643. The molecule has 0 spiro atoms. The third-order valence-electron chi connectivity index (χ3n) is 11.2. The molecule has 3 unspecified atom stereocenters. The first-order valence-corrected chi connectivity index (χ1v) is 22.9. The zero-order chi connectivity index (χ0) is 63.6. The van der Waals surface area contributed by atoms with E-state index in [1.807, 2.05) is 0 Å². The smallest absolute Gasteiger partial charge is 0.550 e. The van der Waals surface area contributed by atoms with E-state index in [-0.39, 0.29) is 239 Å². The first-order chi connectivity index (χ1) is 37.3. The normalized spacial score (nSPS) is 11.8. The van der Waals surface area contributed by atoms with Crippen LogP contribution >= 0.6 is 0 Å². The van der Waals surface area contributed by atoms with Gasteiger partial charge in [-0.3, -0.25) is 14.7 Å². The standard InChI is InChI=1S/3C14H23N3O10.5Gd/c3*15-1-2-16-8(3-9(18)19)14(4-10(20)21,5-11(22)23)17(6-12(24)25)7-13(26)27;;;;;/h3*8,16H,1-7,15H2,(H,18,19)(H,20,21)(H,22,23)(H,24,25)(H,26,27);;;;;/q;;;5*+3/p-15. The van der Waals surface area contributed by atoms with Crippen LogP contribution in [0.15, 0.2) is 0 Å². The SMILES string of the molecule is NCCNC(CC(=O)[O-])C(CC(=O)[O-])(CC(=O)[O-])N(CC(=O)[O-])CC(=O)[O-].NCCNC(CC(=O)[O-])C(CC(=O)[O-])(CC(=O)[O-])N(CC(=O)[O-])CC(=O)[O-].NCCNC(CC(=O)[O-])C(CC(=O)[O-])(CC(=O)[O-])N(CC(=O)[O-])CC(=O)[O-].[Gd+3].[Gd+3].[Gd+3].[Gd+3].[Gd+3]. The molecule has 0 fully saturated rings. The molecule has 5 radical (unpaired) electrons. The number of hydrogen-bond donors (Lipinski definition) is 6. The number of carbonyl (C=O) groups excluding carboxylic acids is 15. The number of nitrogens with one attached hydrogen (secondary N) is 3. The fourth-order valence-electron chi connectivity index (χ4n) is 8.43. The molecule has 44 heteroatoms. The molecule has 0 bridgehead atoms. The van der Waals surface area contributed by atoms with Crippen LogP contribution in [0.5, 0.6) is 0 Å². The molecular weight excluding hydrogens is 1900 g/mol. The molecule has 3 atom stereocenters. The van der Waals surface area contributed by atoms with E-state index in [1.54, 1.807) is 0 Å². The summed E-state index contributed by atoms with van der Waals surface area (Å²) in [6.45, 7) is -8.06. The van der Waals surface area contributed by atoms with E-state index in [0.29, 0.717) is 14.7 Å². The summed E-state index contributed by atoms with van der Waals surface area (Å²) in [5.74, 6) is -27.8. The minimum atomic E-state index is -2.40. The van der Waals surface area contributed by atoms with Gasteiger partial charge in [0, 0.05) is 225 Å². The van der Waals surface area contributed by atoms with Crippen molar-refractivity contribution < 1.29 is 348 Å². The van der Waals surface area contributed by atoms with Gasteiger partial charge >= 0.3 is 200 Å². The summed E-state index contributed by atoms with van der Waals surface area (Å²) in [4.78, 5) is 168. The number of aliphatic carboxylic acids is 15. The summed E-state index contributed by atoms with van der Waals surface area (Å²) in [6, 6.07) is -4.79. The predicted octanol–water partition coefficient (Wildman–Crippen LogP) is -27.4. The number of carboxylic acid groups (broad SMARTS) is 15. The summed E-state index contributed by atoms with van der Waals surface area (Å²) in [7, 11) is 0. The average Bonchev–Trinajstić information content (AvgIpc) is 3.27. The molecule has 487 valence electrons. The van der Waals surface area contributed by atoms with E-state index in [4.69, 9.17) is 17.2 Å². The number of hydrogen-bond acceptors (Lipinski definition) is 39. The molecule has 39 nitrogen and oxygen atoms in total. The van der Waals surface area contributed by atoms with Crippen LogP contribution in [-0.2, 0) is 71.9 Å². The zero-order valence-corrected chi connectivity index (χ0v) is 55.5. The van der Waals surface area contributed by atoms with Gasteiger partial charge in [-0.2, -0.15) is 0 Å². The molecule has 0 aliphatic rings. The van der Waals surface area contributed by atoms with Gasteiger partial charge < -0.3 is 182 Å². The summed E-state index contributed by atoms with van der Waals surface area (Å²) >= 11 is 0. The van der Waals surface area contributed by atoms with Gasteiger partial charge in [0.25, 0.3) is 0 Å². The van der Waals surface area contributed by atoms with Crippen LogP contribution in [0.3, 0.4) is 0 Å². The van der Waals surface area contributed by atoms with E-state index in [2.05, 4.69) is 16.0 Å². The second-order valence-corrected chi connectivity index (χ2v) is 17.0. The Morgan fingerprint density at radius 2 is 0.407 bits per heavy atom. The minimum Gasteiger partial charge on any atom is -0.550 e. The Labute approximate surface area is 647 Å². The largest absolute Gasteiger partial charge is 3.00 e. The molecule has 0 saturated carbocycles. The monoisotopic (exact) mass is 1950 g/mol.